The molecule has 142 valence electrons. The summed E-state index contributed by atoms with van der Waals surface area (Å²) in [5.74, 6) is 2.01. The number of rotatable bonds is 8. The van der Waals surface area contributed by atoms with Crippen molar-refractivity contribution in [2.24, 2.45) is 4.99 Å². The van der Waals surface area contributed by atoms with Gasteiger partial charge in [0.15, 0.2) is 5.96 Å². The second-order valence-corrected chi connectivity index (χ2v) is 7.46. The fourth-order valence-electron chi connectivity index (χ4n) is 3.00. The van der Waals surface area contributed by atoms with Gasteiger partial charge in [0, 0.05) is 57.4 Å². The van der Waals surface area contributed by atoms with Gasteiger partial charge in [0.05, 0.1) is 0 Å². The Labute approximate surface area is 165 Å². The highest BCUT2D eigenvalue weighted by molar-refractivity contribution is 7.09. The van der Waals surface area contributed by atoms with Gasteiger partial charge in [-0.3, -0.25) is 4.99 Å². The summed E-state index contributed by atoms with van der Waals surface area (Å²) in [4.78, 5) is 12.5. The molecule has 0 saturated heterocycles. The van der Waals surface area contributed by atoms with E-state index in [0.29, 0.717) is 0 Å². The lowest BCUT2D eigenvalue weighted by Gasteiger charge is -2.21. The van der Waals surface area contributed by atoms with Crippen molar-refractivity contribution in [2.45, 2.75) is 19.4 Å². The number of thiophene rings is 1. The van der Waals surface area contributed by atoms with Gasteiger partial charge in [-0.1, -0.05) is 36.4 Å². The Bertz CT molecular complexity index is 823. The van der Waals surface area contributed by atoms with Gasteiger partial charge in [-0.15, -0.1) is 11.3 Å². The molecule has 6 heteroatoms. The van der Waals surface area contributed by atoms with Crippen molar-refractivity contribution in [3.05, 3.63) is 76.5 Å². The SMILES string of the molecule is CN=C(NCCc1nccn1Cc1ccccc1)N(C)CCc1cccs1. The number of benzene rings is 1. The number of hydrogen-bond donors (Lipinski definition) is 1. The first-order valence-electron chi connectivity index (χ1n) is 9.24. The first-order chi connectivity index (χ1) is 13.3. The van der Waals surface area contributed by atoms with Crippen molar-refractivity contribution < 1.29 is 0 Å². The topological polar surface area (TPSA) is 45.5 Å². The Morgan fingerprint density at radius 1 is 1.19 bits per heavy atom. The van der Waals surface area contributed by atoms with Gasteiger partial charge >= 0.3 is 0 Å². The second-order valence-electron chi connectivity index (χ2n) is 6.43. The summed E-state index contributed by atoms with van der Waals surface area (Å²) in [6, 6.07) is 14.8. The van der Waals surface area contributed by atoms with Crippen molar-refractivity contribution in [1.29, 1.82) is 0 Å². The van der Waals surface area contributed by atoms with E-state index in [1.807, 2.05) is 25.5 Å². The molecular formula is C21H27N5S. The standard InChI is InChI=1S/C21H27N5S/c1-22-21(25(2)14-11-19-9-6-16-27-19)24-12-10-20-23-13-15-26(20)17-18-7-4-3-5-8-18/h3-9,13,15-16H,10-12,14,17H2,1-2H3,(H,22,24). The van der Waals surface area contributed by atoms with E-state index in [2.05, 4.69) is 73.6 Å². The minimum absolute atomic E-state index is 0.807. The van der Waals surface area contributed by atoms with E-state index in [-0.39, 0.29) is 0 Å². The molecule has 0 radical (unpaired) electrons. The van der Waals surface area contributed by atoms with Crippen LogP contribution in [0.4, 0.5) is 0 Å². The molecule has 0 unspecified atom stereocenters. The van der Waals surface area contributed by atoms with Crippen molar-refractivity contribution in [3.63, 3.8) is 0 Å². The number of imidazole rings is 1. The van der Waals surface area contributed by atoms with Gasteiger partial charge in [0.25, 0.3) is 0 Å². The highest BCUT2D eigenvalue weighted by Crippen LogP contribution is 2.09. The molecule has 1 aromatic carbocycles. The lowest BCUT2D eigenvalue weighted by atomic mass is 10.2. The number of aliphatic imine (C=N–C) groups is 1. The minimum atomic E-state index is 0.807. The monoisotopic (exact) mass is 381 g/mol. The Balaban J connectivity index is 1.47. The van der Waals surface area contributed by atoms with Crippen molar-refractivity contribution in [2.75, 3.05) is 27.2 Å². The number of likely N-dealkylation sites (N-methyl/N-ethyl adjacent to an activating group) is 1. The van der Waals surface area contributed by atoms with Crippen molar-refractivity contribution in [3.8, 4) is 0 Å². The van der Waals surface area contributed by atoms with E-state index in [1.54, 1.807) is 11.3 Å². The van der Waals surface area contributed by atoms with Crippen molar-refractivity contribution >= 4 is 17.3 Å². The first kappa shape index (κ1) is 19.2. The Hall–Kier alpha value is -2.60. The average Bonchev–Trinajstić information content (AvgIpc) is 3.36. The van der Waals surface area contributed by atoms with Crippen LogP contribution in [0.2, 0.25) is 0 Å². The molecular weight excluding hydrogens is 354 g/mol. The van der Waals surface area contributed by atoms with Crippen LogP contribution in [-0.2, 0) is 19.4 Å². The molecule has 0 spiro atoms. The third kappa shape index (κ3) is 5.69. The molecule has 2 heterocycles. The van der Waals surface area contributed by atoms with Gasteiger partial charge in [0.2, 0.25) is 0 Å². The number of nitrogens with zero attached hydrogens (tertiary/aromatic N) is 4. The summed E-state index contributed by atoms with van der Waals surface area (Å²) in [5.41, 5.74) is 1.29. The molecule has 2 aromatic heterocycles. The number of aromatic nitrogens is 2. The Morgan fingerprint density at radius 2 is 2.04 bits per heavy atom. The molecule has 0 fully saturated rings. The van der Waals surface area contributed by atoms with Crippen LogP contribution >= 0.6 is 11.3 Å². The molecule has 0 saturated carbocycles. The molecule has 0 aliphatic carbocycles. The highest BCUT2D eigenvalue weighted by atomic mass is 32.1. The van der Waals surface area contributed by atoms with E-state index < -0.39 is 0 Å². The lowest BCUT2D eigenvalue weighted by Crippen LogP contribution is -2.40. The van der Waals surface area contributed by atoms with Gasteiger partial charge in [0.1, 0.15) is 5.82 Å². The van der Waals surface area contributed by atoms with E-state index in [1.165, 1.54) is 10.4 Å². The van der Waals surface area contributed by atoms with Gasteiger partial charge in [-0.05, 0) is 23.4 Å². The zero-order valence-corrected chi connectivity index (χ0v) is 16.8. The molecule has 0 bridgehead atoms. The molecule has 0 aliphatic heterocycles. The Kier molecular flexibility index (Phi) is 7.04. The largest absolute Gasteiger partial charge is 0.356 e. The summed E-state index contributed by atoms with van der Waals surface area (Å²) in [5, 5.41) is 5.58. The second kappa shape index (κ2) is 9.92. The predicted molar refractivity (Wildman–Crippen MR) is 113 cm³/mol. The molecule has 27 heavy (non-hydrogen) atoms. The maximum absolute atomic E-state index is 4.52. The summed E-state index contributed by atoms with van der Waals surface area (Å²) in [7, 11) is 3.92. The minimum Gasteiger partial charge on any atom is -0.356 e. The highest BCUT2D eigenvalue weighted by Gasteiger charge is 2.08. The van der Waals surface area contributed by atoms with Crippen LogP contribution in [0, 0.1) is 0 Å². The summed E-state index contributed by atoms with van der Waals surface area (Å²) in [6.45, 7) is 2.61. The van der Waals surface area contributed by atoms with Crippen LogP contribution < -0.4 is 5.32 Å². The first-order valence-corrected chi connectivity index (χ1v) is 10.1. The number of nitrogens with one attached hydrogen (secondary N) is 1. The van der Waals surface area contributed by atoms with Crippen LogP contribution in [0.25, 0.3) is 0 Å². The fourth-order valence-corrected chi connectivity index (χ4v) is 3.70. The van der Waals surface area contributed by atoms with E-state index in [4.69, 9.17) is 0 Å². The third-order valence-electron chi connectivity index (χ3n) is 4.48. The zero-order chi connectivity index (χ0) is 18.9. The summed E-state index contributed by atoms with van der Waals surface area (Å²) >= 11 is 1.80. The lowest BCUT2D eigenvalue weighted by molar-refractivity contribution is 0.486. The molecule has 3 aromatic rings. The summed E-state index contributed by atoms with van der Waals surface area (Å²) < 4.78 is 2.21. The maximum atomic E-state index is 4.52. The molecule has 1 N–H and O–H groups in total. The van der Waals surface area contributed by atoms with Crippen LogP contribution in [0.3, 0.4) is 0 Å². The van der Waals surface area contributed by atoms with Crippen LogP contribution in [0.5, 0.6) is 0 Å². The van der Waals surface area contributed by atoms with Crippen LogP contribution in [-0.4, -0.2) is 47.6 Å². The van der Waals surface area contributed by atoms with Gasteiger partial charge in [-0.25, -0.2) is 4.98 Å². The number of hydrogen-bond acceptors (Lipinski definition) is 3. The molecule has 0 amide bonds. The zero-order valence-electron chi connectivity index (χ0n) is 16.0. The van der Waals surface area contributed by atoms with Crippen molar-refractivity contribution in [1.82, 2.24) is 19.8 Å². The van der Waals surface area contributed by atoms with E-state index in [9.17, 15) is 0 Å². The third-order valence-corrected chi connectivity index (χ3v) is 5.41. The molecule has 5 nitrogen and oxygen atoms in total. The number of guanidine groups is 1. The van der Waals surface area contributed by atoms with Crippen LogP contribution in [0.1, 0.15) is 16.3 Å². The van der Waals surface area contributed by atoms with E-state index in [0.717, 1.165) is 44.3 Å². The molecule has 0 atom stereocenters. The summed E-state index contributed by atoms with van der Waals surface area (Å²) in [6.07, 6.45) is 5.82. The predicted octanol–water partition coefficient (Wildman–Crippen LogP) is 3.29. The smallest absolute Gasteiger partial charge is 0.193 e. The fraction of sp³-hybridized carbons (Fsp3) is 0.333. The maximum Gasteiger partial charge on any atom is 0.193 e. The molecule has 0 aliphatic rings. The van der Waals surface area contributed by atoms with Gasteiger partial charge in [-0.2, -0.15) is 0 Å². The van der Waals surface area contributed by atoms with E-state index >= 15 is 0 Å². The average molecular weight is 382 g/mol. The van der Waals surface area contributed by atoms with Crippen LogP contribution in [0.15, 0.2) is 65.2 Å². The quantitative estimate of drug-likeness (QED) is 0.481. The Morgan fingerprint density at radius 3 is 2.78 bits per heavy atom. The normalized spacial score (nSPS) is 11.6. The van der Waals surface area contributed by atoms with Gasteiger partial charge < -0.3 is 14.8 Å². The molecule has 3 rings (SSSR count).